The zero-order valence-corrected chi connectivity index (χ0v) is 9.75. The molecule has 14 heavy (non-hydrogen) atoms. The SMILES string of the molecule is Cc1csc(CC2(C#N)CCCS2)n1. The first-order valence-corrected chi connectivity index (χ1v) is 6.57. The van der Waals surface area contributed by atoms with Gasteiger partial charge in [0.15, 0.2) is 0 Å². The lowest BCUT2D eigenvalue weighted by molar-refractivity contribution is 0.669. The fourth-order valence-electron chi connectivity index (χ4n) is 1.69. The summed E-state index contributed by atoms with van der Waals surface area (Å²) in [6.07, 6.45) is 3.02. The molecule has 1 aliphatic rings. The van der Waals surface area contributed by atoms with Gasteiger partial charge in [-0.3, -0.25) is 0 Å². The molecule has 4 heteroatoms. The first kappa shape index (κ1) is 10.0. The van der Waals surface area contributed by atoms with Gasteiger partial charge in [0.2, 0.25) is 0 Å². The molecule has 2 nitrogen and oxygen atoms in total. The van der Waals surface area contributed by atoms with Crippen LogP contribution < -0.4 is 0 Å². The minimum atomic E-state index is -0.176. The molecule has 0 radical (unpaired) electrons. The lowest BCUT2D eigenvalue weighted by Crippen LogP contribution is -2.21. The third kappa shape index (κ3) is 1.94. The highest BCUT2D eigenvalue weighted by molar-refractivity contribution is 8.01. The predicted octanol–water partition coefficient (Wildman–Crippen LogP) is 2.78. The summed E-state index contributed by atoms with van der Waals surface area (Å²) in [6.45, 7) is 2.00. The largest absolute Gasteiger partial charge is 0.247 e. The van der Waals surface area contributed by atoms with Gasteiger partial charge in [0.05, 0.1) is 11.1 Å². The average molecular weight is 224 g/mol. The molecule has 1 saturated heterocycles. The molecule has 0 bridgehead atoms. The molecule has 1 fully saturated rings. The van der Waals surface area contributed by atoms with Crippen LogP contribution in [0.15, 0.2) is 5.38 Å². The topological polar surface area (TPSA) is 36.7 Å². The fourth-order valence-corrected chi connectivity index (χ4v) is 3.94. The Bertz CT molecular complexity index is 358. The lowest BCUT2D eigenvalue weighted by Gasteiger charge is -2.16. The van der Waals surface area contributed by atoms with Crippen LogP contribution in [0.25, 0.3) is 0 Å². The summed E-state index contributed by atoms with van der Waals surface area (Å²) in [5.41, 5.74) is 1.07. The Labute approximate surface area is 92.4 Å². The van der Waals surface area contributed by atoms with Gasteiger partial charge >= 0.3 is 0 Å². The highest BCUT2D eigenvalue weighted by Gasteiger charge is 2.35. The Morgan fingerprint density at radius 2 is 2.57 bits per heavy atom. The van der Waals surface area contributed by atoms with Crippen LogP contribution in [0.3, 0.4) is 0 Å². The van der Waals surface area contributed by atoms with E-state index in [0.717, 1.165) is 29.3 Å². The Balaban J connectivity index is 2.13. The summed E-state index contributed by atoms with van der Waals surface area (Å²) >= 11 is 3.47. The third-order valence-electron chi connectivity index (χ3n) is 2.41. The Morgan fingerprint density at radius 3 is 3.07 bits per heavy atom. The normalized spacial score (nSPS) is 26.3. The van der Waals surface area contributed by atoms with Crippen molar-refractivity contribution in [1.82, 2.24) is 4.98 Å². The highest BCUT2D eigenvalue weighted by Crippen LogP contribution is 2.40. The van der Waals surface area contributed by atoms with E-state index in [2.05, 4.69) is 16.4 Å². The summed E-state index contributed by atoms with van der Waals surface area (Å²) in [7, 11) is 0. The van der Waals surface area contributed by atoms with E-state index in [0.29, 0.717) is 0 Å². The van der Waals surface area contributed by atoms with Crippen molar-refractivity contribution >= 4 is 23.1 Å². The van der Waals surface area contributed by atoms with E-state index in [1.54, 1.807) is 23.1 Å². The van der Waals surface area contributed by atoms with E-state index >= 15 is 0 Å². The molecule has 2 rings (SSSR count). The standard InChI is InChI=1S/C10H12N2S2/c1-8-6-13-9(12-8)5-10(7-11)3-2-4-14-10/h6H,2-5H2,1H3. The first-order chi connectivity index (χ1) is 6.74. The van der Waals surface area contributed by atoms with Gasteiger partial charge in [0, 0.05) is 17.5 Å². The van der Waals surface area contributed by atoms with Gasteiger partial charge in [0.1, 0.15) is 4.75 Å². The Kier molecular flexibility index (Phi) is 2.80. The van der Waals surface area contributed by atoms with Crippen molar-refractivity contribution in [2.45, 2.75) is 30.9 Å². The van der Waals surface area contributed by atoms with Gasteiger partial charge in [-0.25, -0.2) is 4.98 Å². The van der Waals surface area contributed by atoms with Crippen LogP contribution in [0.4, 0.5) is 0 Å². The zero-order chi connectivity index (χ0) is 10.0. The molecule has 0 amide bonds. The van der Waals surface area contributed by atoms with Crippen LogP contribution in [0.1, 0.15) is 23.5 Å². The molecule has 0 spiro atoms. The van der Waals surface area contributed by atoms with E-state index in [1.165, 1.54) is 6.42 Å². The molecule has 0 saturated carbocycles. The molecular weight excluding hydrogens is 212 g/mol. The van der Waals surface area contributed by atoms with Crippen LogP contribution in [0.2, 0.25) is 0 Å². The quantitative estimate of drug-likeness (QED) is 0.775. The van der Waals surface area contributed by atoms with Crippen LogP contribution >= 0.6 is 23.1 Å². The summed E-state index contributed by atoms with van der Waals surface area (Å²) in [5, 5.41) is 12.4. The van der Waals surface area contributed by atoms with Crippen LogP contribution in [-0.4, -0.2) is 15.5 Å². The summed E-state index contributed by atoms with van der Waals surface area (Å²) < 4.78 is -0.176. The molecular formula is C10H12N2S2. The molecule has 1 aromatic heterocycles. The fraction of sp³-hybridized carbons (Fsp3) is 0.600. The second-order valence-electron chi connectivity index (χ2n) is 3.62. The van der Waals surface area contributed by atoms with E-state index in [1.807, 2.05) is 6.92 Å². The number of hydrogen-bond acceptors (Lipinski definition) is 4. The molecule has 1 aromatic rings. The Hall–Kier alpha value is -0.530. The molecule has 0 N–H and O–H groups in total. The molecule has 1 aliphatic heterocycles. The van der Waals surface area contributed by atoms with E-state index in [-0.39, 0.29) is 4.75 Å². The Morgan fingerprint density at radius 1 is 1.71 bits per heavy atom. The molecule has 1 atom stereocenters. The van der Waals surface area contributed by atoms with Gasteiger partial charge in [-0.15, -0.1) is 23.1 Å². The van der Waals surface area contributed by atoms with Gasteiger partial charge in [-0.2, -0.15) is 5.26 Å². The monoisotopic (exact) mass is 224 g/mol. The molecule has 74 valence electrons. The number of thiazole rings is 1. The highest BCUT2D eigenvalue weighted by atomic mass is 32.2. The van der Waals surface area contributed by atoms with Crippen molar-refractivity contribution < 1.29 is 0 Å². The van der Waals surface area contributed by atoms with Crippen molar-refractivity contribution in [2.75, 3.05) is 5.75 Å². The number of hydrogen-bond donors (Lipinski definition) is 0. The van der Waals surface area contributed by atoms with Gasteiger partial charge in [-0.1, -0.05) is 0 Å². The molecule has 2 heterocycles. The van der Waals surface area contributed by atoms with E-state index in [9.17, 15) is 5.26 Å². The van der Waals surface area contributed by atoms with Crippen LogP contribution in [0, 0.1) is 18.3 Å². The van der Waals surface area contributed by atoms with Crippen LogP contribution in [0.5, 0.6) is 0 Å². The second-order valence-corrected chi connectivity index (χ2v) is 6.04. The van der Waals surface area contributed by atoms with Crippen molar-refractivity contribution in [3.63, 3.8) is 0 Å². The minimum absolute atomic E-state index is 0.176. The lowest BCUT2D eigenvalue weighted by atomic mass is 10.0. The summed E-state index contributed by atoms with van der Waals surface area (Å²) in [4.78, 5) is 4.42. The molecule has 0 aromatic carbocycles. The molecule has 1 unspecified atom stereocenters. The van der Waals surface area contributed by atoms with Gasteiger partial charge in [0.25, 0.3) is 0 Å². The first-order valence-electron chi connectivity index (χ1n) is 4.70. The third-order valence-corrected chi connectivity index (χ3v) is 4.86. The number of rotatable bonds is 2. The maximum absolute atomic E-state index is 9.19. The van der Waals surface area contributed by atoms with Crippen molar-refractivity contribution in [2.24, 2.45) is 0 Å². The number of aromatic nitrogens is 1. The number of nitriles is 1. The van der Waals surface area contributed by atoms with E-state index < -0.39 is 0 Å². The van der Waals surface area contributed by atoms with Crippen molar-refractivity contribution in [3.8, 4) is 6.07 Å². The summed E-state index contributed by atoms with van der Waals surface area (Å²) in [6, 6.07) is 2.46. The average Bonchev–Trinajstić information content (AvgIpc) is 2.77. The van der Waals surface area contributed by atoms with Crippen LogP contribution in [-0.2, 0) is 6.42 Å². The number of thioether (sulfide) groups is 1. The van der Waals surface area contributed by atoms with Gasteiger partial charge < -0.3 is 0 Å². The van der Waals surface area contributed by atoms with E-state index in [4.69, 9.17) is 0 Å². The van der Waals surface area contributed by atoms with Crippen molar-refractivity contribution in [1.29, 1.82) is 5.26 Å². The smallest absolute Gasteiger partial charge is 0.109 e. The van der Waals surface area contributed by atoms with Crippen molar-refractivity contribution in [3.05, 3.63) is 16.1 Å². The molecule has 0 aliphatic carbocycles. The predicted molar refractivity (Wildman–Crippen MR) is 60.6 cm³/mol. The minimum Gasteiger partial charge on any atom is -0.247 e. The number of aryl methyl sites for hydroxylation is 1. The van der Waals surface area contributed by atoms with Gasteiger partial charge in [-0.05, 0) is 25.5 Å². The zero-order valence-electron chi connectivity index (χ0n) is 8.12. The number of nitrogens with zero attached hydrogens (tertiary/aromatic N) is 2. The maximum Gasteiger partial charge on any atom is 0.109 e. The maximum atomic E-state index is 9.19. The second kappa shape index (κ2) is 3.92. The summed E-state index contributed by atoms with van der Waals surface area (Å²) in [5.74, 6) is 1.12.